The van der Waals surface area contributed by atoms with Gasteiger partial charge >= 0.3 is 0 Å². The van der Waals surface area contributed by atoms with Gasteiger partial charge in [-0.15, -0.1) is 0 Å². The number of carbonyl (C=O) groups excluding carboxylic acids is 1. The number of hydrogen-bond donors (Lipinski definition) is 1. The summed E-state index contributed by atoms with van der Waals surface area (Å²) in [4.78, 5) is 19.8. The second kappa shape index (κ2) is 8.95. The Morgan fingerprint density at radius 3 is 2.61 bits per heavy atom. The minimum absolute atomic E-state index is 0.0165. The molecule has 2 aliphatic heterocycles. The number of nitrogens with zero attached hydrogens (tertiary/aromatic N) is 3. The van der Waals surface area contributed by atoms with Crippen LogP contribution in [0.15, 0.2) is 30.3 Å². The summed E-state index contributed by atoms with van der Waals surface area (Å²) >= 11 is 5.95. The molecule has 0 unspecified atom stereocenters. The highest BCUT2D eigenvalue weighted by atomic mass is 35.5. The van der Waals surface area contributed by atoms with Crippen LogP contribution in [0.2, 0.25) is 5.02 Å². The van der Waals surface area contributed by atoms with Crippen LogP contribution in [0.4, 0.5) is 10.3 Å². The number of carbonyl (C=O) groups is 1. The number of imidazole rings is 1. The predicted molar refractivity (Wildman–Crippen MR) is 128 cm³/mol. The molecule has 2 aliphatic rings. The van der Waals surface area contributed by atoms with Gasteiger partial charge in [0.15, 0.2) is 0 Å². The Hall–Kier alpha value is -2.64. The normalized spacial score (nSPS) is 19.4. The van der Waals surface area contributed by atoms with Crippen molar-refractivity contribution in [3.63, 3.8) is 0 Å². The number of piperidine rings is 1. The first-order valence-electron chi connectivity index (χ1n) is 11.5. The lowest BCUT2D eigenvalue weighted by Gasteiger charge is -2.32. The average Bonchev–Trinajstić information content (AvgIpc) is 3.44. The Labute approximate surface area is 197 Å². The quantitative estimate of drug-likeness (QED) is 0.607. The van der Waals surface area contributed by atoms with Crippen molar-refractivity contribution in [1.29, 1.82) is 0 Å². The number of aryl methyl sites for hydroxylation is 2. The summed E-state index contributed by atoms with van der Waals surface area (Å²) in [5, 5.41) is 3.22. The lowest BCUT2D eigenvalue weighted by atomic mass is 9.95. The van der Waals surface area contributed by atoms with Crippen molar-refractivity contribution in [2.24, 2.45) is 5.92 Å². The number of amides is 1. The molecule has 1 N–H and O–H groups in total. The number of anilines is 1. The molecule has 0 spiro atoms. The fraction of sp³-hybridized carbons (Fsp3) is 0.440. The molecular weight excluding hydrogens is 443 g/mol. The lowest BCUT2D eigenvalue weighted by molar-refractivity contribution is -0.126. The summed E-state index contributed by atoms with van der Waals surface area (Å²) in [6, 6.07) is 9.14. The van der Waals surface area contributed by atoms with E-state index in [-0.39, 0.29) is 22.9 Å². The van der Waals surface area contributed by atoms with E-state index < -0.39 is 5.82 Å². The molecule has 3 aromatic rings. The first kappa shape index (κ1) is 22.2. The number of hydrogen-bond acceptors (Lipinski definition) is 4. The van der Waals surface area contributed by atoms with E-state index in [0.717, 1.165) is 47.4 Å². The standard InChI is InChI=1S/C25H28ClFN4O2/c1-15-11-22-23(12-16(15)2)31(19-3-4-20(26)21(27)13-19)25(29-22)30-8-5-17(6-9-30)24(32)28-18-7-10-33-14-18/h3-4,11-13,17-18H,5-10,14H2,1-2H3,(H,28,32)/t18-/m1/s1. The smallest absolute Gasteiger partial charge is 0.223 e. The van der Waals surface area contributed by atoms with Crippen LogP contribution in [0.3, 0.4) is 0 Å². The van der Waals surface area contributed by atoms with Crippen molar-refractivity contribution in [2.45, 2.75) is 39.2 Å². The van der Waals surface area contributed by atoms with E-state index in [1.807, 2.05) is 10.6 Å². The van der Waals surface area contributed by atoms with E-state index in [4.69, 9.17) is 21.3 Å². The molecule has 0 aliphatic carbocycles. The Kier molecular flexibility index (Phi) is 6.01. The van der Waals surface area contributed by atoms with Gasteiger partial charge in [0.2, 0.25) is 11.9 Å². The van der Waals surface area contributed by atoms with Gasteiger partial charge in [-0.3, -0.25) is 9.36 Å². The zero-order valence-electron chi connectivity index (χ0n) is 18.9. The molecule has 0 saturated carbocycles. The molecule has 8 heteroatoms. The monoisotopic (exact) mass is 470 g/mol. The van der Waals surface area contributed by atoms with Crippen LogP contribution in [-0.2, 0) is 9.53 Å². The molecule has 1 atom stereocenters. The van der Waals surface area contributed by atoms with Crippen LogP contribution in [0, 0.1) is 25.6 Å². The molecule has 1 aromatic heterocycles. The molecule has 33 heavy (non-hydrogen) atoms. The summed E-state index contributed by atoms with van der Waals surface area (Å²) in [6.07, 6.45) is 2.37. The molecule has 2 fully saturated rings. The van der Waals surface area contributed by atoms with Gasteiger partial charge in [-0.25, -0.2) is 9.37 Å². The van der Waals surface area contributed by atoms with Gasteiger partial charge in [-0.1, -0.05) is 11.6 Å². The van der Waals surface area contributed by atoms with Gasteiger partial charge in [-0.2, -0.15) is 0 Å². The third-order valence-corrected chi connectivity index (χ3v) is 7.14. The first-order chi connectivity index (χ1) is 15.9. The highest BCUT2D eigenvalue weighted by Gasteiger charge is 2.30. The van der Waals surface area contributed by atoms with Crippen molar-refractivity contribution >= 4 is 34.5 Å². The van der Waals surface area contributed by atoms with E-state index in [2.05, 4.69) is 36.2 Å². The summed E-state index contributed by atoms with van der Waals surface area (Å²) in [7, 11) is 0. The Morgan fingerprint density at radius 2 is 1.91 bits per heavy atom. The minimum Gasteiger partial charge on any atom is -0.379 e. The Balaban J connectivity index is 1.44. The zero-order valence-corrected chi connectivity index (χ0v) is 19.7. The zero-order chi connectivity index (χ0) is 23.1. The molecule has 174 valence electrons. The maximum absolute atomic E-state index is 14.4. The minimum atomic E-state index is -0.461. The Bertz CT molecular complexity index is 1200. The summed E-state index contributed by atoms with van der Waals surface area (Å²) in [6.45, 7) is 6.85. The summed E-state index contributed by atoms with van der Waals surface area (Å²) in [5.41, 5.74) is 4.78. The van der Waals surface area contributed by atoms with Gasteiger partial charge in [0.1, 0.15) is 5.82 Å². The van der Waals surface area contributed by atoms with Gasteiger partial charge in [0.25, 0.3) is 0 Å². The number of rotatable bonds is 4. The van der Waals surface area contributed by atoms with E-state index in [1.165, 1.54) is 6.07 Å². The predicted octanol–water partition coefficient (Wildman–Crippen LogP) is 4.56. The SMILES string of the molecule is Cc1cc2nc(N3CCC(C(=O)N[C@@H]4CCOC4)CC3)n(-c3ccc(Cl)c(F)c3)c2cc1C. The maximum Gasteiger partial charge on any atom is 0.223 e. The summed E-state index contributed by atoms with van der Waals surface area (Å²) in [5.74, 6) is 0.402. The topological polar surface area (TPSA) is 59.4 Å². The van der Waals surface area contributed by atoms with Crippen LogP contribution in [0.5, 0.6) is 0 Å². The van der Waals surface area contributed by atoms with Crippen molar-refractivity contribution in [3.8, 4) is 5.69 Å². The highest BCUT2D eigenvalue weighted by Crippen LogP contribution is 2.32. The fourth-order valence-corrected chi connectivity index (χ4v) is 4.84. The average molecular weight is 471 g/mol. The van der Waals surface area contributed by atoms with Crippen molar-refractivity contribution < 1.29 is 13.9 Å². The van der Waals surface area contributed by atoms with Crippen LogP contribution in [0.25, 0.3) is 16.7 Å². The molecular formula is C25H28ClFN4O2. The molecule has 5 rings (SSSR count). The van der Waals surface area contributed by atoms with Gasteiger partial charge in [-0.05, 0) is 74.6 Å². The van der Waals surface area contributed by atoms with Crippen molar-refractivity contribution in [2.75, 3.05) is 31.2 Å². The van der Waals surface area contributed by atoms with Crippen LogP contribution < -0.4 is 10.2 Å². The van der Waals surface area contributed by atoms with E-state index >= 15 is 0 Å². The molecule has 2 aromatic carbocycles. The third kappa shape index (κ3) is 4.32. The molecule has 0 bridgehead atoms. The first-order valence-corrected chi connectivity index (χ1v) is 11.9. The van der Waals surface area contributed by atoms with E-state index in [9.17, 15) is 9.18 Å². The lowest BCUT2D eigenvalue weighted by Crippen LogP contribution is -2.44. The number of ether oxygens (including phenoxy) is 1. The molecule has 0 radical (unpaired) electrons. The van der Waals surface area contributed by atoms with E-state index in [1.54, 1.807) is 6.07 Å². The highest BCUT2D eigenvalue weighted by molar-refractivity contribution is 6.30. The Morgan fingerprint density at radius 1 is 1.15 bits per heavy atom. The number of halogens is 2. The molecule has 6 nitrogen and oxygen atoms in total. The van der Waals surface area contributed by atoms with Gasteiger partial charge < -0.3 is 15.0 Å². The number of fused-ring (bicyclic) bond motifs is 1. The van der Waals surface area contributed by atoms with Crippen LogP contribution >= 0.6 is 11.6 Å². The van der Waals surface area contributed by atoms with Gasteiger partial charge in [0.05, 0.1) is 34.4 Å². The maximum atomic E-state index is 14.4. The number of aromatic nitrogens is 2. The van der Waals surface area contributed by atoms with E-state index in [0.29, 0.717) is 32.0 Å². The molecule has 3 heterocycles. The van der Waals surface area contributed by atoms with Gasteiger partial charge in [0, 0.05) is 25.6 Å². The largest absolute Gasteiger partial charge is 0.379 e. The third-order valence-electron chi connectivity index (χ3n) is 6.84. The molecule has 2 saturated heterocycles. The second-order valence-corrected chi connectivity index (χ2v) is 9.51. The summed E-state index contributed by atoms with van der Waals surface area (Å²) < 4.78 is 21.7. The number of nitrogens with one attached hydrogen (secondary N) is 1. The van der Waals surface area contributed by atoms with Crippen LogP contribution in [0.1, 0.15) is 30.4 Å². The van der Waals surface area contributed by atoms with Crippen molar-refractivity contribution in [3.05, 3.63) is 52.3 Å². The number of benzene rings is 2. The van der Waals surface area contributed by atoms with Crippen LogP contribution in [-0.4, -0.2) is 47.8 Å². The fourth-order valence-electron chi connectivity index (χ4n) is 4.72. The second-order valence-electron chi connectivity index (χ2n) is 9.10. The molecule has 1 amide bonds. The van der Waals surface area contributed by atoms with Crippen molar-refractivity contribution in [1.82, 2.24) is 14.9 Å².